The van der Waals surface area contributed by atoms with Gasteiger partial charge in [-0.25, -0.2) is 8.42 Å². The van der Waals surface area contributed by atoms with Crippen molar-refractivity contribution < 1.29 is 30.6 Å². The first-order valence-electron chi connectivity index (χ1n) is 8.04. The number of piperazine rings is 1. The van der Waals surface area contributed by atoms with Gasteiger partial charge in [-0.05, 0) is 19.1 Å². The Bertz CT molecular complexity index is 862. The third kappa shape index (κ3) is 4.21. The zero-order valence-electron chi connectivity index (χ0n) is 14.3. The number of sulfonamides is 1. The van der Waals surface area contributed by atoms with Crippen LogP contribution in [0.2, 0.25) is 0 Å². The van der Waals surface area contributed by atoms with Gasteiger partial charge in [-0.3, -0.25) is 10.1 Å². The van der Waals surface area contributed by atoms with Gasteiger partial charge in [0.25, 0.3) is 5.69 Å². The van der Waals surface area contributed by atoms with E-state index in [1.54, 1.807) is 36.4 Å². The molecule has 0 bridgehead atoms. The molecule has 0 spiro atoms. The van der Waals surface area contributed by atoms with Crippen molar-refractivity contribution in [3.63, 3.8) is 0 Å². The largest absolute Gasteiger partial charge is 1.00 e. The van der Waals surface area contributed by atoms with Crippen LogP contribution < -0.4 is 17.3 Å². The summed E-state index contributed by atoms with van der Waals surface area (Å²) >= 11 is 0. The number of hydrogen-bond acceptors (Lipinski definition) is 4. The van der Waals surface area contributed by atoms with E-state index in [-0.39, 0.29) is 18.1 Å². The number of halogens is 1. The summed E-state index contributed by atoms with van der Waals surface area (Å²) in [5.74, 6) is 0. The van der Waals surface area contributed by atoms with E-state index < -0.39 is 14.9 Å². The van der Waals surface area contributed by atoms with E-state index in [9.17, 15) is 18.5 Å². The van der Waals surface area contributed by atoms with E-state index in [0.29, 0.717) is 31.1 Å². The normalized spacial score (nSPS) is 16.0. The average Bonchev–Trinajstić information content (AvgIpc) is 2.62. The molecular formula is C17H20ClN3O4S. The number of aryl methyl sites for hydroxylation is 1. The number of nitrogens with zero attached hydrogens (tertiary/aromatic N) is 2. The molecule has 7 nitrogen and oxygen atoms in total. The highest BCUT2D eigenvalue weighted by Gasteiger charge is 2.31. The maximum atomic E-state index is 12.7. The molecular weight excluding hydrogens is 378 g/mol. The highest BCUT2D eigenvalue weighted by molar-refractivity contribution is 7.89. The van der Waals surface area contributed by atoms with Crippen molar-refractivity contribution in [1.82, 2.24) is 4.31 Å². The summed E-state index contributed by atoms with van der Waals surface area (Å²) in [6, 6.07) is 13.3. The lowest BCUT2D eigenvalue weighted by atomic mass is 10.2. The highest BCUT2D eigenvalue weighted by atomic mass is 35.5. The van der Waals surface area contributed by atoms with Crippen LogP contribution in [0.1, 0.15) is 5.56 Å². The molecule has 0 aromatic heterocycles. The van der Waals surface area contributed by atoms with E-state index in [0.717, 1.165) is 16.2 Å². The molecule has 9 heteroatoms. The third-order valence-electron chi connectivity index (χ3n) is 4.47. The van der Waals surface area contributed by atoms with Crippen LogP contribution in [0, 0.1) is 17.0 Å². The molecule has 3 rings (SSSR count). The van der Waals surface area contributed by atoms with Crippen LogP contribution in [0.3, 0.4) is 0 Å². The number of non-ortho nitro benzene ring substituents is 1. The second-order valence-electron chi connectivity index (χ2n) is 6.12. The van der Waals surface area contributed by atoms with Crippen LogP contribution in [0.15, 0.2) is 53.4 Å². The second kappa shape index (κ2) is 8.13. The minimum atomic E-state index is -3.47. The molecule has 0 amide bonds. The smallest absolute Gasteiger partial charge is 0.269 e. The Balaban J connectivity index is 0.00000243. The molecule has 0 saturated carbocycles. The summed E-state index contributed by atoms with van der Waals surface area (Å²) in [5.41, 5.74) is 2.02. The lowest BCUT2D eigenvalue weighted by Crippen LogP contribution is -3.10. The van der Waals surface area contributed by atoms with Gasteiger partial charge in [0.1, 0.15) is 5.69 Å². The van der Waals surface area contributed by atoms with Gasteiger partial charge in [-0.1, -0.05) is 17.7 Å². The maximum absolute atomic E-state index is 12.7. The lowest BCUT2D eigenvalue weighted by molar-refractivity contribution is -0.837. The molecule has 1 fully saturated rings. The zero-order chi connectivity index (χ0) is 18.0. The van der Waals surface area contributed by atoms with Crippen molar-refractivity contribution in [1.29, 1.82) is 0 Å². The Morgan fingerprint density at radius 2 is 1.54 bits per heavy atom. The standard InChI is InChI=1S/C17H19N3O4S.ClH/c1-14-2-8-17(9-3-14)25(23,24)19-12-10-18(11-13-19)15-4-6-16(7-5-15)20(21)22;/h2-9H,10-13H2,1H3;1H. The molecule has 1 aliphatic rings. The van der Waals surface area contributed by atoms with Crippen LogP contribution >= 0.6 is 0 Å². The molecule has 0 unspecified atom stereocenters. The minimum Gasteiger partial charge on any atom is -1.00 e. The Kier molecular flexibility index (Phi) is 6.35. The number of nitro groups is 1. The predicted octanol–water partition coefficient (Wildman–Crippen LogP) is -1.87. The number of hydrogen-bond donors (Lipinski definition) is 1. The fourth-order valence-electron chi connectivity index (χ4n) is 2.96. The van der Waals surface area contributed by atoms with Gasteiger partial charge in [0.15, 0.2) is 0 Å². The van der Waals surface area contributed by atoms with Crippen LogP contribution in [0.4, 0.5) is 11.4 Å². The molecule has 1 aliphatic heterocycles. The van der Waals surface area contributed by atoms with Crippen molar-refractivity contribution in [2.45, 2.75) is 11.8 Å². The van der Waals surface area contributed by atoms with Gasteiger partial charge in [0, 0.05) is 24.3 Å². The first kappa shape index (κ1) is 20.3. The topological polar surface area (TPSA) is 85.0 Å². The maximum Gasteiger partial charge on any atom is 0.269 e. The fraction of sp³-hybridized carbons (Fsp3) is 0.294. The Morgan fingerprint density at radius 3 is 2.04 bits per heavy atom. The van der Waals surface area contributed by atoms with Gasteiger partial charge in [0.2, 0.25) is 10.0 Å². The molecule has 0 atom stereocenters. The van der Waals surface area contributed by atoms with Crippen molar-refractivity contribution in [3.05, 3.63) is 64.2 Å². The van der Waals surface area contributed by atoms with E-state index in [1.807, 2.05) is 6.92 Å². The first-order valence-corrected chi connectivity index (χ1v) is 9.48. The number of nitrogens with one attached hydrogen (secondary N) is 1. The number of rotatable bonds is 4. The van der Waals surface area contributed by atoms with Crippen molar-refractivity contribution in [2.75, 3.05) is 26.2 Å². The van der Waals surface area contributed by atoms with E-state index >= 15 is 0 Å². The van der Waals surface area contributed by atoms with Gasteiger partial charge in [-0.15, -0.1) is 0 Å². The molecule has 140 valence electrons. The van der Waals surface area contributed by atoms with E-state index in [2.05, 4.69) is 0 Å². The molecule has 1 heterocycles. The minimum absolute atomic E-state index is 0. The molecule has 0 radical (unpaired) electrons. The Morgan fingerprint density at radius 1 is 1.00 bits per heavy atom. The number of quaternary nitrogens is 1. The Hall–Kier alpha value is -2.00. The van der Waals surface area contributed by atoms with Gasteiger partial charge < -0.3 is 17.3 Å². The SMILES string of the molecule is Cc1ccc(S(=O)(=O)N2CC[NH+](c3ccc([N+](=O)[O-])cc3)CC2)cc1.[Cl-]. The number of benzene rings is 2. The van der Waals surface area contributed by atoms with Gasteiger partial charge in [-0.2, -0.15) is 4.31 Å². The molecule has 2 aromatic carbocycles. The van der Waals surface area contributed by atoms with Gasteiger partial charge in [0.05, 0.1) is 36.0 Å². The molecule has 2 aromatic rings. The average molecular weight is 398 g/mol. The summed E-state index contributed by atoms with van der Waals surface area (Å²) in [6.07, 6.45) is 0. The quantitative estimate of drug-likeness (QED) is 0.484. The summed E-state index contributed by atoms with van der Waals surface area (Å²) in [5, 5.41) is 10.7. The van der Waals surface area contributed by atoms with Crippen molar-refractivity contribution >= 4 is 21.4 Å². The summed E-state index contributed by atoms with van der Waals surface area (Å²) in [6.45, 7) is 4.01. The molecule has 1 N–H and O–H groups in total. The van der Waals surface area contributed by atoms with Gasteiger partial charge >= 0.3 is 0 Å². The summed E-state index contributed by atoms with van der Waals surface area (Å²) < 4.78 is 26.9. The van der Waals surface area contributed by atoms with Crippen LogP contribution in [0.25, 0.3) is 0 Å². The molecule has 26 heavy (non-hydrogen) atoms. The van der Waals surface area contributed by atoms with Crippen LogP contribution in [-0.4, -0.2) is 43.8 Å². The summed E-state index contributed by atoms with van der Waals surface area (Å²) in [4.78, 5) is 11.7. The van der Waals surface area contributed by atoms with Crippen molar-refractivity contribution in [2.24, 2.45) is 0 Å². The summed E-state index contributed by atoms with van der Waals surface area (Å²) in [7, 11) is -3.47. The highest BCUT2D eigenvalue weighted by Crippen LogP contribution is 2.17. The second-order valence-corrected chi connectivity index (χ2v) is 8.06. The predicted molar refractivity (Wildman–Crippen MR) is 93.4 cm³/mol. The zero-order valence-corrected chi connectivity index (χ0v) is 15.8. The molecule has 1 saturated heterocycles. The van der Waals surface area contributed by atoms with Crippen molar-refractivity contribution in [3.8, 4) is 0 Å². The van der Waals surface area contributed by atoms with Crippen LogP contribution in [0.5, 0.6) is 0 Å². The van der Waals surface area contributed by atoms with Crippen LogP contribution in [-0.2, 0) is 10.0 Å². The molecule has 0 aliphatic carbocycles. The van der Waals surface area contributed by atoms with E-state index in [4.69, 9.17) is 0 Å². The Labute approximate surface area is 158 Å². The third-order valence-corrected chi connectivity index (χ3v) is 6.38. The lowest BCUT2D eigenvalue weighted by Gasteiger charge is -2.31. The number of nitro benzene ring substituents is 1. The fourth-order valence-corrected chi connectivity index (χ4v) is 4.40. The monoisotopic (exact) mass is 397 g/mol. The first-order chi connectivity index (χ1) is 11.9. The van der Waals surface area contributed by atoms with E-state index in [1.165, 1.54) is 16.4 Å².